The molecule has 2 aromatic carbocycles. The molecule has 0 saturated carbocycles. The van der Waals surface area contributed by atoms with E-state index >= 15 is 0 Å². The van der Waals surface area contributed by atoms with E-state index in [4.69, 9.17) is 4.42 Å². The Morgan fingerprint density at radius 1 is 0.958 bits per heavy atom. The molecule has 0 aliphatic carbocycles. The normalized spacial score (nSPS) is 16.7. The first kappa shape index (κ1) is 15.4. The minimum Gasteiger partial charge on any atom is -0.436 e. The number of aromatic nitrogens is 1. The van der Waals surface area contributed by atoms with E-state index in [0.717, 1.165) is 42.8 Å². The molecule has 1 aliphatic rings. The van der Waals surface area contributed by atoms with Crippen molar-refractivity contribution in [1.29, 1.82) is 0 Å². The molecule has 2 heterocycles. The van der Waals surface area contributed by atoms with Gasteiger partial charge in [-0.2, -0.15) is 0 Å². The number of hydrogen-bond donors (Lipinski definition) is 0. The molecule has 0 unspecified atom stereocenters. The van der Waals surface area contributed by atoms with Gasteiger partial charge in [-0.1, -0.05) is 31.2 Å². The van der Waals surface area contributed by atoms with Crippen LogP contribution >= 0.6 is 0 Å². The Balaban J connectivity index is 1.51. The minimum absolute atomic E-state index is 0.694. The Morgan fingerprint density at radius 3 is 2.46 bits per heavy atom. The molecule has 1 aromatic heterocycles. The lowest BCUT2D eigenvalue weighted by molar-refractivity contribution is 0.132. The highest BCUT2D eigenvalue weighted by atomic mass is 16.3. The summed E-state index contributed by atoms with van der Waals surface area (Å²) in [5, 5.41) is 0. The summed E-state index contributed by atoms with van der Waals surface area (Å²) in [6.45, 7) is 8.99. The van der Waals surface area contributed by atoms with Crippen molar-refractivity contribution < 1.29 is 4.42 Å². The summed E-state index contributed by atoms with van der Waals surface area (Å²) in [6, 6.07) is 16.4. The monoisotopic (exact) mass is 321 g/mol. The summed E-state index contributed by atoms with van der Waals surface area (Å²) in [4.78, 5) is 9.69. The number of hydrogen-bond acceptors (Lipinski definition) is 4. The number of rotatable bonds is 4. The molecule has 4 heteroatoms. The molecular formula is C20H23N3O. The highest BCUT2D eigenvalue weighted by Gasteiger charge is 2.16. The number of benzene rings is 2. The van der Waals surface area contributed by atoms with Crippen molar-refractivity contribution in [3.05, 3.63) is 54.1 Å². The zero-order chi connectivity index (χ0) is 16.4. The largest absolute Gasteiger partial charge is 0.436 e. The average Bonchev–Trinajstić information content (AvgIpc) is 3.06. The molecular weight excluding hydrogens is 298 g/mol. The van der Waals surface area contributed by atoms with Gasteiger partial charge in [-0.05, 0) is 36.4 Å². The van der Waals surface area contributed by atoms with E-state index in [9.17, 15) is 0 Å². The van der Waals surface area contributed by atoms with Crippen LogP contribution < -0.4 is 0 Å². The molecule has 1 saturated heterocycles. The molecule has 24 heavy (non-hydrogen) atoms. The van der Waals surface area contributed by atoms with Gasteiger partial charge in [0.25, 0.3) is 0 Å². The Morgan fingerprint density at radius 2 is 1.71 bits per heavy atom. The van der Waals surface area contributed by atoms with Crippen molar-refractivity contribution in [2.24, 2.45) is 0 Å². The third-order valence-corrected chi connectivity index (χ3v) is 4.79. The van der Waals surface area contributed by atoms with Crippen molar-refractivity contribution in [3.63, 3.8) is 0 Å². The van der Waals surface area contributed by atoms with Crippen molar-refractivity contribution in [1.82, 2.24) is 14.8 Å². The van der Waals surface area contributed by atoms with Crippen LogP contribution in [-0.4, -0.2) is 47.5 Å². The van der Waals surface area contributed by atoms with Crippen LogP contribution in [0.4, 0.5) is 0 Å². The Labute approximate surface area is 142 Å². The average molecular weight is 321 g/mol. The highest BCUT2D eigenvalue weighted by molar-refractivity contribution is 5.76. The van der Waals surface area contributed by atoms with Gasteiger partial charge in [-0.15, -0.1) is 0 Å². The van der Waals surface area contributed by atoms with Crippen molar-refractivity contribution in [2.45, 2.75) is 13.5 Å². The zero-order valence-corrected chi connectivity index (χ0v) is 14.1. The fraction of sp³-hybridized carbons (Fsp3) is 0.350. The molecule has 0 amide bonds. The summed E-state index contributed by atoms with van der Waals surface area (Å²) in [7, 11) is 0. The summed E-state index contributed by atoms with van der Waals surface area (Å²) >= 11 is 0. The predicted molar refractivity (Wildman–Crippen MR) is 96.8 cm³/mol. The number of piperazine rings is 1. The maximum Gasteiger partial charge on any atom is 0.227 e. The molecule has 4 nitrogen and oxygen atoms in total. The third kappa shape index (κ3) is 3.21. The van der Waals surface area contributed by atoms with Gasteiger partial charge >= 0.3 is 0 Å². The first-order valence-corrected chi connectivity index (χ1v) is 8.71. The van der Waals surface area contributed by atoms with E-state index < -0.39 is 0 Å². The van der Waals surface area contributed by atoms with Crippen LogP contribution in [0.2, 0.25) is 0 Å². The first-order valence-electron chi connectivity index (χ1n) is 8.71. The number of nitrogens with zero attached hydrogens (tertiary/aromatic N) is 3. The lowest BCUT2D eigenvalue weighted by Crippen LogP contribution is -2.45. The second-order valence-corrected chi connectivity index (χ2v) is 6.40. The smallest absolute Gasteiger partial charge is 0.227 e. The third-order valence-electron chi connectivity index (χ3n) is 4.79. The van der Waals surface area contributed by atoms with Gasteiger partial charge in [0.15, 0.2) is 5.58 Å². The minimum atomic E-state index is 0.694. The molecule has 0 radical (unpaired) electrons. The summed E-state index contributed by atoms with van der Waals surface area (Å²) in [5.41, 5.74) is 4.12. The van der Waals surface area contributed by atoms with E-state index in [2.05, 4.69) is 33.8 Å². The fourth-order valence-corrected chi connectivity index (χ4v) is 3.30. The standard InChI is InChI=1S/C20H23N3O/c1-2-22-10-12-23(13-11-22)15-16-8-9-19-18(14-16)21-20(24-19)17-6-4-3-5-7-17/h3-9,14H,2,10-13,15H2,1H3. The summed E-state index contributed by atoms with van der Waals surface area (Å²) < 4.78 is 5.90. The zero-order valence-electron chi connectivity index (χ0n) is 14.1. The summed E-state index contributed by atoms with van der Waals surface area (Å²) in [6.07, 6.45) is 0. The van der Waals surface area contributed by atoms with Crippen LogP contribution in [0.3, 0.4) is 0 Å². The molecule has 124 valence electrons. The predicted octanol–water partition coefficient (Wildman–Crippen LogP) is 3.63. The van der Waals surface area contributed by atoms with Gasteiger partial charge in [0, 0.05) is 38.3 Å². The Bertz CT molecular complexity index is 804. The van der Waals surface area contributed by atoms with Crippen molar-refractivity contribution >= 4 is 11.1 Å². The highest BCUT2D eigenvalue weighted by Crippen LogP contribution is 2.25. The van der Waals surface area contributed by atoms with Crippen LogP contribution in [0.15, 0.2) is 52.9 Å². The molecule has 0 bridgehead atoms. The van der Waals surface area contributed by atoms with Crippen LogP contribution in [-0.2, 0) is 6.54 Å². The molecule has 1 fully saturated rings. The van der Waals surface area contributed by atoms with Gasteiger partial charge in [0.05, 0.1) is 0 Å². The van der Waals surface area contributed by atoms with E-state index in [1.807, 2.05) is 36.4 Å². The number of oxazole rings is 1. The lowest BCUT2D eigenvalue weighted by atomic mass is 10.2. The van der Waals surface area contributed by atoms with Gasteiger partial charge in [-0.3, -0.25) is 4.90 Å². The molecule has 3 aromatic rings. The van der Waals surface area contributed by atoms with Crippen LogP contribution in [0.1, 0.15) is 12.5 Å². The van der Waals surface area contributed by atoms with Crippen LogP contribution in [0, 0.1) is 0 Å². The second-order valence-electron chi connectivity index (χ2n) is 6.40. The maximum atomic E-state index is 5.90. The summed E-state index contributed by atoms with van der Waals surface area (Å²) in [5.74, 6) is 0.694. The van der Waals surface area contributed by atoms with Crippen molar-refractivity contribution in [2.75, 3.05) is 32.7 Å². The van der Waals surface area contributed by atoms with E-state index in [1.165, 1.54) is 18.7 Å². The lowest BCUT2D eigenvalue weighted by Gasteiger charge is -2.34. The SMILES string of the molecule is CCN1CCN(Cc2ccc3oc(-c4ccccc4)nc3c2)CC1. The van der Waals surface area contributed by atoms with Crippen LogP contribution in [0.5, 0.6) is 0 Å². The maximum absolute atomic E-state index is 5.90. The quantitative estimate of drug-likeness (QED) is 0.734. The molecule has 1 aliphatic heterocycles. The van der Waals surface area contributed by atoms with Gasteiger partial charge < -0.3 is 9.32 Å². The molecule has 4 rings (SSSR count). The Kier molecular flexibility index (Phi) is 4.32. The second kappa shape index (κ2) is 6.75. The fourth-order valence-electron chi connectivity index (χ4n) is 3.30. The van der Waals surface area contributed by atoms with E-state index in [-0.39, 0.29) is 0 Å². The first-order chi connectivity index (χ1) is 11.8. The van der Waals surface area contributed by atoms with Crippen molar-refractivity contribution in [3.8, 4) is 11.5 Å². The number of fused-ring (bicyclic) bond motifs is 1. The molecule has 0 N–H and O–H groups in total. The van der Waals surface area contributed by atoms with Gasteiger partial charge in [-0.25, -0.2) is 4.98 Å². The topological polar surface area (TPSA) is 32.5 Å². The van der Waals surface area contributed by atoms with Gasteiger partial charge in [0.1, 0.15) is 5.52 Å². The van der Waals surface area contributed by atoms with Crippen LogP contribution in [0.25, 0.3) is 22.6 Å². The van der Waals surface area contributed by atoms with Gasteiger partial charge in [0.2, 0.25) is 5.89 Å². The molecule has 0 spiro atoms. The van der Waals surface area contributed by atoms with E-state index in [1.54, 1.807) is 0 Å². The van der Waals surface area contributed by atoms with E-state index in [0.29, 0.717) is 5.89 Å². The Hall–Kier alpha value is -2.17. The number of likely N-dealkylation sites (N-methyl/N-ethyl adjacent to an activating group) is 1. The molecule has 0 atom stereocenters.